The quantitative estimate of drug-likeness (QED) is 0.116. The standard InChI is InChI=1S/C28H28N4O3S3/c1-4-15-32-23(17-36-21-9-7-6-8-10-21)30-31-28(32)38-18-24(33)29-26-25(27(34)35-5-2)22(16-37-26)20-13-11-19(3)12-14-20/h4,6-14,16H,1,5,15,17-18H2,2-3H3,(H,29,33). The maximum absolute atomic E-state index is 12.9. The summed E-state index contributed by atoms with van der Waals surface area (Å²) in [5.74, 6) is 0.871. The van der Waals surface area contributed by atoms with E-state index in [0.29, 0.717) is 28.0 Å². The number of thioether (sulfide) groups is 2. The Labute approximate surface area is 234 Å². The predicted octanol–water partition coefficient (Wildman–Crippen LogP) is 6.70. The summed E-state index contributed by atoms with van der Waals surface area (Å²) in [4.78, 5) is 26.9. The van der Waals surface area contributed by atoms with Gasteiger partial charge in [0.15, 0.2) is 5.16 Å². The van der Waals surface area contributed by atoms with Crippen LogP contribution in [0, 0.1) is 6.92 Å². The van der Waals surface area contributed by atoms with Gasteiger partial charge in [0.25, 0.3) is 0 Å². The van der Waals surface area contributed by atoms with Crippen molar-refractivity contribution in [1.82, 2.24) is 14.8 Å². The van der Waals surface area contributed by atoms with Crippen LogP contribution in [-0.2, 0) is 21.8 Å². The van der Waals surface area contributed by atoms with E-state index in [1.165, 1.54) is 23.1 Å². The molecule has 0 fully saturated rings. The average molecular weight is 565 g/mol. The fourth-order valence-corrected chi connectivity index (χ4v) is 6.20. The summed E-state index contributed by atoms with van der Waals surface area (Å²) in [5.41, 5.74) is 3.12. The van der Waals surface area contributed by atoms with E-state index in [9.17, 15) is 9.59 Å². The topological polar surface area (TPSA) is 86.1 Å². The molecule has 0 saturated carbocycles. The summed E-state index contributed by atoms with van der Waals surface area (Å²) in [5, 5.41) is 14.5. The number of nitrogens with one attached hydrogen (secondary N) is 1. The van der Waals surface area contributed by atoms with Gasteiger partial charge in [0, 0.05) is 22.4 Å². The van der Waals surface area contributed by atoms with Crippen LogP contribution >= 0.6 is 34.9 Å². The number of carbonyl (C=O) groups excluding carboxylic acids is 2. The molecule has 38 heavy (non-hydrogen) atoms. The van der Waals surface area contributed by atoms with Gasteiger partial charge in [-0.2, -0.15) is 0 Å². The highest BCUT2D eigenvalue weighted by atomic mass is 32.2. The molecular weight excluding hydrogens is 537 g/mol. The monoisotopic (exact) mass is 564 g/mol. The van der Waals surface area contributed by atoms with E-state index in [0.717, 1.165) is 27.4 Å². The molecule has 1 N–H and O–H groups in total. The second-order valence-corrected chi connectivity index (χ2v) is 11.0. The number of amides is 1. The van der Waals surface area contributed by atoms with Gasteiger partial charge in [0.2, 0.25) is 5.91 Å². The molecule has 0 radical (unpaired) electrons. The Morgan fingerprint density at radius 2 is 1.87 bits per heavy atom. The number of nitrogens with zero attached hydrogens (tertiary/aromatic N) is 3. The maximum atomic E-state index is 12.9. The number of ether oxygens (including phenoxy) is 1. The van der Waals surface area contributed by atoms with E-state index in [2.05, 4.69) is 34.2 Å². The highest BCUT2D eigenvalue weighted by Crippen LogP contribution is 2.36. The highest BCUT2D eigenvalue weighted by molar-refractivity contribution is 7.99. The highest BCUT2D eigenvalue weighted by Gasteiger charge is 2.23. The van der Waals surface area contributed by atoms with E-state index in [-0.39, 0.29) is 18.3 Å². The Bertz CT molecular complexity index is 1400. The molecule has 2 heterocycles. The van der Waals surface area contributed by atoms with Crippen LogP contribution in [0.1, 0.15) is 28.7 Å². The first-order chi connectivity index (χ1) is 18.5. The van der Waals surface area contributed by atoms with Gasteiger partial charge < -0.3 is 14.6 Å². The number of aryl methyl sites for hydroxylation is 1. The van der Waals surface area contributed by atoms with Crippen LogP contribution in [0.25, 0.3) is 11.1 Å². The van der Waals surface area contributed by atoms with Crippen molar-refractivity contribution in [3.05, 3.63) is 89.6 Å². The smallest absolute Gasteiger partial charge is 0.341 e. The molecule has 0 atom stereocenters. The van der Waals surface area contributed by atoms with Gasteiger partial charge in [-0.3, -0.25) is 4.79 Å². The van der Waals surface area contributed by atoms with Crippen LogP contribution in [0.4, 0.5) is 5.00 Å². The van der Waals surface area contributed by atoms with Gasteiger partial charge in [0.05, 0.1) is 18.1 Å². The lowest BCUT2D eigenvalue weighted by Crippen LogP contribution is -2.17. The second-order valence-electron chi connectivity index (χ2n) is 8.18. The summed E-state index contributed by atoms with van der Waals surface area (Å²) in [6.07, 6.45) is 1.79. The lowest BCUT2D eigenvalue weighted by molar-refractivity contribution is -0.113. The van der Waals surface area contributed by atoms with Crippen LogP contribution < -0.4 is 5.32 Å². The average Bonchev–Trinajstić information content (AvgIpc) is 3.51. The lowest BCUT2D eigenvalue weighted by atomic mass is 10.0. The van der Waals surface area contributed by atoms with Gasteiger partial charge in [-0.1, -0.05) is 65.9 Å². The minimum Gasteiger partial charge on any atom is -0.462 e. The van der Waals surface area contributed by atoms with Crippen molar-refractivity contribution in [2.75, 3.05) is 17.7 Å². The molecule has 196 valence electrons. The lowest BCUT2D eigenvalue weighted by Gasteiger charge is -2.10. The molecule has 4 rings (SSSR count). The minimum atomic E-state index is -0.460. The zero-order valence-corrected chi connectivity index (χ0v) is 23.6. The van der Waals surface area contributed by atoms with Crippen LogP contribution in [0.15, 0.2) is 82.7 Å². The molecule has 0 unspecified atom stereocenters. The fraction of sp³-hybridized carbons (Fsp3) is 0.214. The largest absolute Gasteiger partial charge is 0.462 e. The first kappa shape index (κ1) is 27.7. The van der Waals surface area contributed by atoms with Crippen LogP contribution in [0.5, 0.6) is 0 Å². The fourth-order valence-electron chi connectivity index (χ4n) is 3.60. The van der Waals surface area contributed by atoms with Gasteiger partial charge in [-0.25, -0.2) is 4.79 Å². The van der Waals surface area contributed by atoms with Crippen LogP contribution in [-0.4, -0.2) is 39.0 Å². The first-order valence-electron chi connectivity index (χ1n) is 12.0. The molecule has 2 aromatic heterocycles. The second kappa shape index (κ2) is 13.5. The number of esters is 1. The number of hydrogen-bond acceptors (Lipinski definition) is 8. The first-order valence-corrected chi connectivity index (χ1v) is 14.8. The molecule has 0 aliphatic heterocycles. The van der Waals surface area contributed by atoms with Gasteiger partial charge in [0.1, 0.15) is 16.4 Å². The Hall–Kier alpha value is -3.34. The van der Waals surface area contributed by atoms with Crippen molar-refractivity contribution in [2.45, 2.75) is 36.2 Å². The number of allylic oxidation sites excluding steroid dienone is 1. The zero-order chi connectivity index (χ0) is 26.9. The Kier molecular flexibility index (Phi) is 9.80. The van der Waals surface area contributed by atoms with E-state index in [4.69, 9.17) is 4.74 Å². The van der Waals surface area contributed by atoms with Crippen molar-refractivity contribution in [3.8, 4) is 11.1 Å². The minimum absolute atomic E-state index is 0.112. The molecule has 0 aliphatic rings. The van der Waals surface area contributed by atoms with E-state index < -0.39 is 5.97 Å². The maximum Gasteiger partial charge on any atom is 0.341 e. The molecule has 1 amide bonds. The number of hydrogen-bond donors (Lipinski definition) is 1. The molecule has 7 nitrogen and oxygen atoms in total. The Balaban J connectivity index is 1.46. The number of carbonyl (C=O) groups is 2. The third-order valence-electron chi connectivity index (χ3n) is 5.43. The van der Waals surface area contributed by atoms with Crippen molar-refractivity contribution >= 4 is 51.7 Å². The molecule has 0 aliphatic carbocycles. The van der Waals surface area contributed by atoms with Crippen LogP contribution in [0.3, 0.4) is 0 Å². The summed E-state index contributed by atoms with van der Waals surface area (Å²) >= 11 is 4.28. The molecular formula is C28H28N4O3S3. The van der Waals surface area contributed by atoms with Crippen molar-refractivity contribution in [2.24, 2.45) is 0 Å². The van der Waals surface area contributed by atoms with Gasteiger partial charge in [-0.15, -0.1) is 39.9 Å². The summed E-state index contributed by atoms with van der Waals surface area (Å²) in [7, 11) is 0. The SMILES string of the molecule is C=CCn1c(CSc2ccccc2)nnc1SCC(=O)Nc1scc(-c2ccc(C)cc2)c1C(=O)OCC. The Morgan fingerprint density at radius 3 is 2.58 bits per heavy atom. The van der Waals surface area contributed by atoms with Crippen molar-refractivity contribution in [1.29, 1.82) is 0 Å². The summed E-state index contributed by atoms with van der Waals surface area (Å²) < 4.78 is 7.27. The third kappa shape index (κ3) is 6.94. The van der Waals surface area contributed by atoms with E-state index in [1.54, 1.807) is 24.8 Å². The van der Waals surface area contributed by atoms with E-state index >= 15 is 0 Å². The third-order valence-corrected chi connectivity index (χ3v) is 8.30. The zero-order valence-electron chi connectivity index (χ0n) is 21.2. The number of benzene rings is 2. The number of aromatic nitrogens is 3. The normalized spacial score (nSPS) is 10.8. The molecule has 0 spiro atoms. The number of anilines is 1. The summed E-state index contributed by atoms with van der Waals surface area (Å²) in [6.45, 7) is 8.40. The van der Waals surface area contributed by atoms with E-state index in [1.807, 2.05) is 59.3 Å². The number of rotatable bonds is 12. The molecule has 4 aromatic rings. The molecule has 0 bridgehead atoms. The Morgan fingerprint density at radius 1 is 1.11 bits per heavy atom. The number of thiophene rings is 1. The summed E-state index contributed by atoms with van der Waals surface area (Å²) in [6, 6.07) is 18.0. The van der Waals surface area contributed by atoms with Crippen molar-refractivity contribution in [3.63, 3.8) is 0 Å². The molecule has 0 saturated heterocycles. The van der Waals surface area contributed by atoms with Crippen molar-refractivity contribution < 1.29 is 14.3 Å². The molecule has 10 heteroatoms. The van der Waals surface area contributed by atoms with Gasteiger partial charge >= 0.3 is 5.97 Å². The predicted molar refractivity (Wildman–Crippen MR) is 156 cm³/mol. The molecule has 2 aromatic carbocycles. The van der Waals surface area contributed by atoms with Crippen LogP contribution in [0.2, 0.25) is 0 Å². The van der Waals surface area contributed by atoms with Gasteiger partial charge in [-0.05, 0) is 31.5 Å².